The molecule has 2 fully saturated rings. The van der Waals surface area contributed by atoms with E-state index in [9.17, 15) is 13.2 Å². The first-order valence-corrected chi connectivity index (χ1v) is 8.39. The van der Waals surface area contributed by atoms with Gasteiger partial charge in [0.2, 0.25) is 10.0 Å². The van der Waals surface area contributed by atoms with Crippen molar-refractivity contribution in [2.24, 2.45) is 17.3 Å². The molecular weight excluding hydrogens is 274 g/mol. The molecule has 1 heterocycles. The molecule has 1 aromatic rings. The lowest BCUT2D eigenvalue weighted by molar-refractivity contribution is -0.113. The Morgan fingerprint density at radius 3 is 2.55 bits per heavy atom. The number of rotatable bonds is 3. The van der Waals surface area contributed by atoms with Crippen molar-refractivity contribution in [2.75, 3.05) is 13.1 Å². The van der Waals surface area contributed by atoms with Gasteiger partial charge < -0.3 is 4.79 Å². The van der Waals surface area contributed by atoms with Crippen molar-refractivity contribution >= 4 is 16.3 Å². The number of carbonyl (C=O) groups is 1. The van der Waals surface area contributed by atoms with Crippen LogP contribution in [0.5, 0.6) is 0 Å². The fraction of sp³-hybridized carbons (Fsp3) is 0.533. The molecule has 1 aromatic carbocycles. The van der Waals surface area contributed by atoms with E-state index in [1.807, 2.05) is 13.8 Å². The second-order valence-corrected chi connectivity index (χ2v) is 8.00. The van der Waals surface area contributed by atoms with Crippen LogP contribution >= 0.6 is 0 Å². The summed E-state index contributed by atoms with van der Waals surface area (Å²) in [5.41, 5.74) is 0.596. The molecule has 1 unspecified atom stereocenters. The molecule has 0 radical (unpaired) electrons. The lowest BCUT2D eigenvalue weighted by Gasteiger charge is -2.29. The summed E-state index contributed by atoms with van der Waals surface area (Å²) >= 11 is 0. The summed E-state index contributed by atoms with van der Waals surface area (Å²) < 4.78 is 26.8. The minimum Gasteiger partial charge on any atom is -0.303 e. The average Bonchev–Trinajstić information content (AvgIpc) is 3.04. The van der Waals surface area contributed by atoms with Gasteiger partial charge in [0.05, 0.1) is 4.90 Å². The van der Waals surface area contributed by atoms with Crippen LogP contribution in [-0.2, 0) is 14.8 Å². The van der Waals surface area contributed by atoms with E-state index < -0.39 is 15.4 Å². The highest BCUT2D eigenvalue weighted by Crippen LogP contribution is 2.61. The zero-order valence-corrected chi connectivity index (χ0v) is 12.6. The second kappa shape index (κ2) is 4.40. The van der Waals surface area contributed by atoms with E-state index in [-0.39, 0.29) is 0 Å². The van der Waals surface area contributed by atoms with Gasteiger partial charge in [0, 0.05) is 18.5 Å². The van der Waals surface area contributed by atoms with Crippen molar-refractivity contribution in [3.05, 3.63) is 29.8 Å². The maximum atomic E-state index is 12.6. The maximum absolute atomic E-state index is 12.6. The van der Waals surface area contributed by atoms with Gasteiger partial charge in [-0.05, 0) is 37.3 Å². The molecule has 0 aromatic heterocycles. The van der Waals surface area contributed by atoms with Gasteiger partial charge in [0.15, 0.2) is 0 Å². The van der Waals surface area contributed by atoms with Crippen molar-refractivity contribution < 1.29 is 13.2 Å². The quantitative estimate of drug-likeness (QED) is 0.799. The van der Waals surface area contributed by atoms with E-state index in [2.05, 4.69) is 0 Å². The lowest BCUT2D eigenvalue weighted by atomic mass is 10.0. The van der Waals surface area contributed by atoms with Crippen LogP contribution < -0.4 is 0 Å². The molecule has 3 rings (SSSR count). The predicted molar refractivity (Wildman–Crippen MR) is 75.7 cm³/mol. The molecule has 0 bridgehead atoms. The first kappa shape index (κ1) is 13.8. The molecule has 1 saturated carbocycles. The number of sulfonamides is 1. The number of fused-ring (bicyclic) bond motifs is 1. The standard InChI is InChI=1S/C15H19NO3S/c1-11-3-5-13(6-4-11)20(18,19)16-8-7-14-12(2)15(14,9-16)10-17/h3-6,10,12,14H,7-9H2,1-2H3/t12?,14-,15-/m1/s1. The van der Waals surface area contributed by atoms with Crippen LogP contribution in [0.1, 0.15) is 18.9 Å². The molecule has 3 atom stereocenters. The lowest BCUT2D eigenvalue weighted by Crippen LogP contribution is -2.41. The normalized spacial score (nSPS) is 33.5. The summed E-state index contributed by atoms with van der Waals surface area (Å²) in [5.74, 6) is 0.669. The van der Waals surface area contributed by atoms with Crippen LogP contribution in [0.15, 0.2) is 29.2 Å². The molecule has 0 amide bonds. The molecule has 0 N–H and O–H groups in total. The fourth-order valence-corrected chi connectivity index (χ4v) is 5.02. The Balaban J connectivity index is 1.89. The molecule has 0 spiro atoms. The minimum atomic E-state index is -3.48. The Kier molecular flexibility index (Phi) is 3.03. The number of nitrogens with zero attached hydrogens (tertiary/aromatic N) is 1. The number of hydrogen-bond donors (Lipinski definition) is 0. The van der Waals surface area contributed by atoms with E-state index in [4.69, 9.17) is 0 Å². The van der Waals surface area contributed by atoms with Crippen molar-refractivity contribution in [2.45, 2.75) is 25.2 Å². The largest absolute Gasteiger partial charge is 0.303 e. The summed E-state index contributed by atoms with van der Waals surface area (Å²) in [6, 6.07) is 6.88. The fourth-order valence-electron chi connectivity index (χ4n) is 3.50. The van der Waals surface area contributed by atoms with Gasteiger partial charge in [-0.3, -0.25) is 0 Å². The zero-order valence-electron chi connectivity index (χ0n) is 11.7. The smallest absolute Gasteiger partial charge is 0.243 e. The van der Waals surface area contributed by atoms with Gasteiger partial charge in [-0.1, -0.05) is 24.6 Å². The van der Waals surface area contributed by atoms with E-state index in [1.54, 1.807) is 24.3 Å². The first-order valence-electron chi connectivity index (χ1n) is 6.95. The Bertz CT molecular complexity index is 638. The number of piperidine rings is 1. The molecule has 20 heavy (non-hydrogen) atoms. The van der Waals surface area contributed by atoms with Crippen molar-refractivity contribution in [1.82, 2.24) is 4.31 Å². The van der Waals surface area contributed by atoms with Crippen LogP contribution in [-0.4, -0.2) is 32.1 Å². The van der Waals surface area contributed by atoms with Gasteiger partial charge in [0.1, 0.15) is 6.29 Å². The molecule has 2 aliphatic rings. The van der Waals surface area contributed by atoms with Crippen LogP contribution in [0.4, 0.5) is 0 Å². The molecule has 1 aliphatic heterocycles. The molecule has 4 nitrogen and oxygen atoms in total. The number of hydrogen-bond acceptors (Lipinski definition) is 3. The molecule has 108 valence electrons. The second-order valence-electron chi connectivity index (χ2n) is 6.07. The molecule has 1 aliphatic carbocycles. The van der Waals surface area contributed by atoms with E-state index in [0.717, 1.165) is 18.3 Å². The number of benzene rings is 1. The van der Waals surface area contributed by atoms with Crippen LogP contribution in [0.25, 0.3) is 0 Å². The Hall–Kier alpha value is -1.20. The first-order chi connectivity index (χ1) is 9.41. The SMILES string of the molecule is Cc1ccc(S(=O)(=O)N2CC[C@@H]3C(C)[C@]3(C=O)C2)cc1. The van der Waals surface area contributed by atoms with Gasteiger partial charge in [0.25, 0.3) is 0 Å². The maximum Gasteiger partial charge on any atom is 0.243 e. The monoisotopic (exact) mass is 293 g/mol. The Labute approximate surface area is 119 Å². The van der Waals surface area contributed by atoms with Crippen LogP contribution in [0.3, 0.4) is 0 Å². The van der Waals surface area contributed by atoms with E-state index in [0.29, 0.717) is 29.8 Å². The Morgan fingerprint density at radius 2 is 1.95 bits per heavy atom. The van der Waals surface area contributed by atoms with E-state index in [1.165, 1.54) is 4.31 Å². The molecule has 1 saturated heterocycles. The third-order valence-corrected chi connectivity index (χ3v) is 6.91. The highest BCUT2D eigenvalue weighted by atomic mass is 32.2. The van der Waals surface area contributed by atoms with Crippen molar-refractivity contribution in [3.63, 3.8) is 0 Å². The minimum absolute atomic E-state index is 0.304. The van der Waals surface area contributed by atoms with Gasteiger partial charge in [-0.2, -0.15) is 4.31 Å². The third-order valence-electron chi connectivity index (χ3n) is 5.05. The van der Waals surface area contributed by atoms with Crippen molar-refractivity contribution in [3.8, 4) is 0 Å². The zero-order chi connectivity index (χ0) is 14.5. The number of carbonyl (C=O) groups excluding carboxylic acids is 1. The van der Waals surface area contributed by atoms with Gasteiger partial charge in [-0.15, -0.1) is 0 Å². The van der Waals surface area contributed by atoms with E-state index >= 15 is 0 Å². The summed E-state index contributed by atoms with van der Waals surface area (Å²) in [6.45, 7) is 4.82. The summed E-state index contributed by atoms with van der Waals surface area (Å²) in [4.78, 5) is 11.7. The highest BCUT2D eigenvalue weighted by molar-refractivity contribution is 7.89. The summed E-state index contributed by atoms with van der Waals surface area (Å²) in [6.07, 6.45) is 1.75. The van der Waals surface area contributed by atoms with Gasteiger partial charge in [-0.25, -0.2) is 8.42 Å². The molecule has 5 heteroatoms. The molecular formula is C15H19NO3S. The number of aldehydes is 1. The topological polar surface area (TPSA) is 54.5 Å². The highest BCUT2D eigenvalue weighted by Gasteiger charge is 2.65. The number of aryl methyl sites for hydroxylation is 1. The van der Waals surface area contributed by atoms with Crippen LogP contribution in [0, 0.1) is 24.2 Å². The average molecular weight is 293 g/mol. The Morgan fingerprint density at radius 1 is 1.30 bits per heavy atom. The third kappa shape index (κ3) is 1.84. The summed E-state index contributed by atoms with van der Waals surface area (Å²) in [7, 11) is -3.48. The van der Waals surface area contributed by atoms with Crippen LogP contribution in [0.2, 0.25) is 0 Å². The van der Waals surface area contributed by atoms with Gasteiger partial charge >= 0.3 is 0 Å². The van der Waals surface area contributed by atoms with Crippen molar-refractivity contribution in [1.29, 1.82) is 0 Å². The predicted octanol–water partition coefficient (Wildman–Crippen LogP) is 1.84. The summed E-state index contributed by atoms with van der Waals surface area (Å²) in [5, 5.41) is 0.